The van der Waals surface area contributed by atoms with E-state index in [1.165, 1.54) is 5.56 Å². The lowest BCUT2D eigenvalue weighted by Crippen LogP contribution is -2.49. The van der Waals surface area contributed by atoms with Crippen molar-refractivity contribution < 1.29 is 9.53 Å². The van der Waals surface area contributed by atoms with Gasteiger partial charge in [-0.2, -0.15) is 0 Å². The molecule has 0 bridgehead atoms. The number of rotatable bonds is 5. The molecule has 3 rings (SSSR count). The summed E-state index contributed by atoms with van der Waals surface area (Å²) in [7, 11) is 0. The summed E-state index contributed by atoms with van der Waals surface area (Å²) in [6.07, 6.45) is 0. The average Bonchev–Trinajstić information content (AvgIpc) is 2.63. The van der Waals surface area contributed by atoms with E-state index >= 15 is 0 Å². The first-order valence-electron chi connectivity index (χ1n) is 9.01. The van der Waals surface area contributed by atoms with Crippen LogP contribution in [0.1, 0.15) is 21.5 Å². The molecule has 2 aromatic rings. The molecule has 1 saturated heterocycles. The molecular weight excluding hydrogens is 348 g/mol. The number of nitrogens with zero attached hydrogens (tertiary/aromatic N) is 2. The van der Waals surface area contributed by atoms with E-state index < -0.39 is 0 Å². The van der Waals surface area contributed by atoms with Gasteiger partial charge in [-0.25, -0.2) is 0 Å². The Morgan fingerprint density at radius 2 is 1.81 bits per heavy atom. The predicted octanol–water partition coefficient (Wildman–Crippen LogP) is 3.79. The molecule has 1 heterocycles. The first-order chi connectivity index (χ1) is 12.5. The third-order valence-corrected chi connectivity index (χ3v) is 5.09. The van der Waals surface area contributed by atoms with Crippen molar-refractivity contribution in [2.45, 2.75) is 13.8 Å². The summed E-state index contributed by atoms with van der Waals surface area (Å²) < 4.78 is 5.76. The first kappa shape index (κ1) is 18.7. The molecule has 5 heteroatoms. The second kappa shape index (κ2) is 8.56. The van der Waals surface area contributed by atoms with Gasteiger partial charge in [0.25, 0.3) is 5.91 Å². The average molecular weight is 373 g/mol. The van der Waals surface area contributed by atoms with Gasteiger partial charge in [0.05, 0.1) is 5.02 Å². The van der Waals surface area contributed by atoms with Crippen LogP contribution in [-0.2, 0) is 0 Å². The maximum atomic E-state index is 12.7. The van der Waals surface area contributed by atoms with Crippen molar-refractivity contribution in [1.29, 1.82) is 0 Å². The first-order valence-corrected chi connectivity index (χ1v) is 9.38. The van der Waals surface area contributed by atoms with E-state index in [1.54, 1.807) is 0 Å². The molecule has 0 N–H and O–H groups in total. The molecule has 0 saturated carbocycles. The Kier molecular flexibility index (Phi) is 6.17. The number of para-hydroxylation sites is 1. The molecule has 1 amide bonds. The Hall–Kier alpha value is -2.04. The molecule has 1 aliphatic rings. The smallest absolute Gasteiger partial charge is 0.254 e. The molecular formula is C21H25ClN2O2. The molecule has 0 atom stereocenters. The van der Waals surface area contributed by atoms with Crippen molar-refractivity contribution in [3.05, 3.63) is 64.2 Å². The van der Waals surface area contributed by atoms with Crippen LogP contribution in [0.3, 0.4) is 0 Å². The van der Waals surface area contributed by atoms with Gasteiger partial charge in [-0.3, -0.25) is 9.69 Å². The van der Waals surface area contributed by atoms with Crippen molar-refractivity contribution in [1.82, 2.24) is 9.80 Å². The Bertz CT molecular complexity index is 770. The minimum absolute atomic E-state index is 0.134. The van der Waals surface area contributed by atoms with Crippen LogP contribution in [0.2, 0.25) is 5.02 Å². The minimum Gasteiger partial charge on any atom is -0.491 e. The maximum Gasteiger partial charge on any atom is 0.254 e. The van der Waals surface area contributed by atoms with Gasteiger partial charge in [-0.15, -0.1) is 0 Å². The van der Waals surface area contributed by atoms with Gasteiger partial charge < -0.3 is 9.64 Å². The highest BCUT2D eigenvalue weighted by Crippen LogP contribution is 2.23. The number of aryl methyl sites for hydroxylation is 2. The van der Waals surface area contributed by atoms with Crippen molar-refractivity contribution in [3.8, 4) is 5.75 Å². The van der Waals surface area contributed by atoms with Crippen LogP contribution in [0.4, 0.5) is 0 Å². The summed E-state index contributed by atoms with van der Waals surface area (Å²) in [5, 5.41) is 0.636. The van der Waals surface area contributed by atoms with E-state index in [0.717, 1.165) is 49.6 Å². The van der Waals surface area contributed by atoms with Crippen LogP contribution < -0.4 is 4.74 Å². The van der Waals surface area contributed by atoms with Crippen LogP contribution in [0.15, 0.2) is 42.5 Å². The Morgan fingerprint density at radius 1 is 1.08 bits per heavy atom. The Labute approximate surface area is 160 Å². The second-order valence-corrected chi connectivity index (χ2v) is 7.14. The van der Waals surface area contributed by atoms with E-state index in [0.29, 0.717) is 11.6 Å². The van der Waals surface area contributed by atoms with Crippen molar-refractivity contribution in [2.24, 2.45) is 0 Å². The highest BCUT2D eigenvalue weighted by Gasteiger charge is 2.23. The zero-order valence-electron chi connectivity index (χ0n) is 15.4. The topological polar surface area (TPSA) is 32.8 Å². The van der Waals surface area contributed by atoms with Crippen LogP contribution in [0.25, 0.3) is 0 Å². The quantitative estimate of drug-likeness (QED) is 0.800. The van der Waals surface area contributed by atoms with Gasteiger partial charge in [0.1, 0.15) is 12.4 Å². The van der Waals surface area contributed by atoms with Crippen LogP contribution in [-0.4, -0.2) is 55.0 Å². The van der Waals surface area contributed by atoms with Gasteiger partial charge in [-0.1, -0.05) is 41.4 Å². The number of piperazine rings is 1. The summed E-state index contributed by atoms with van der Waals surface area (Å²) >= 11 is 6.10. The van der Waals surface area contributed by atoms with E-state index in [9.17, 15) is 4.79 Å². The molecule has 1 aliphatic heterocycles. The van der Waals surface area contributed by atoms with Crippen molar-refractivity contribution >= 4 is 17.5 Å². The summed E-state index contributed by atoms with van der Waals surface area (Å²) in [4.78, 5) is 17.0. The standard InChI is InChI=1S/C21H25ClN2O2/c1-16-7-8-18(17(2)15-16)21(25)24-11-9-23(10-12-24)13-14-26-20-6-4-3-5-19(20)22/h3-8,15H,9-14H2,1-2H3. The summed E-state index contributed by atoms with van der Waals surface area (Å²) in [6, 6.07) is 13.5. The molecule has 0 unspecified atom stereocenters. The van der Waals surface area contributed by atoms with Crippen LogP contribution >= 0.6 is 11.6 Å². The number of ether oxygens (including phenoxy) is 1. The predicted molar refractivity (Wildman–Crippen MR) is 105 cm³/mol. The summed E-state index contributed by atoms with van der Waals surface area (Å²) in [6.45, 7) is 8.69. The molecule has 26 heavy (non-hydrogen) atoms. The number of benzene rings is 2. The molecule has 4 nitrogen and oxygen atoms in total. The number of hydrogen-bond donors (Lipinski definition) is 0. The highest BCUT2D eigenvalue weighted by atomic mass is 35.5. The lowest BCUT2D eigenvalue weighted by molar-refractivity contribution is 0.0619. The minimum atomic E-state index is 0.134. The maximum absolute atomic E-state index is 12.7. The number of halogens is 1. The van der Waals surface area contributed by atoms with E-state index in [-0.39, 0.29) is 5.91 Å². The van der Waals surface area contributed by atoms with Gasteiger partial charge >= 0.3 is 0 Å². The van der Waals surface area contributed by atoms with Gasteiger partial charge in [0.2, 0.25) is 0 Å². The molecule has 0 spiro atoms. The fourth-order valence-corrected chi connectivity index (χ4v) is 3.44. The van der Waals surface area contributed by atoms with Gasteiger partial charge in [0, 0.05) is 38.3 Å². The zero-order chi connectivity index (χ0) is 18.5. The normalized spacial score (nSPS) is 15.1. The van der Waals surface area contributed by atoms with Crippen LogP contribution in [0.5, 0.6) is 5.75 Å². The second-order valence-electron chi connectivity index (χ2n) is 6.73. The lowest BCUT2D eigenvalue weighted by Gasteiger charge is -2.35. The zero-order valence-corrected chi connectivity index (χ0v) is 16.1. The molecule has 0 aromatic heterocycles. The molecule has 0 aliphatic carbocycles. The van der Waals surface area contributed by atoms with Crippen LogP contribution in [0, 0.1) is 13.8 Å². The number of carbonyl (C=O) groups excluding carboxylic acids is 1. The monoisotopic (exact) mass is 372 g/mol. The van der Waals surface area contributed by atoms with E-state index in [2.05, 4.69) is 11.0 Å². The highest BCUT2D eigenvalue weighted by molar-refractivity contribution is 6.32. The van der Waals surface area contributed by atoms with E-state index in [1.807, 2.05) is 55.1 Å². The Balaban J connectivity index is 1.46. The summed E-state index contributed by atoms with van der Waals surface area (Å²) in [5.41, 5.74) is 3.04. The Morgan fingerprint density at radius 3 is 2.50 bits per heavy atom. The third-order valence-electron chi connectivity index (χ3n) is 4.77. The summed E-state index contributed by atoms with van der Waals surface area (Å²) in [5.74, 6) is 0.854. The SMILES string of the molecule is Cc1ccc(C(=O)N2CCN(CCOc3ccccc3Cl)CC2)c(C)c1. The lowest BCUT2D eigenvalue weighted by atomic mass is 10.0. The van der Waals surface area contributed by atoms with E-state index in [4.69, 9.17) is 16.3 Å². The largest absolute Gasteiger partial charge is 0.491 e. The molecule has 138 valence electrons. The molecule has 2 aromatic carbocycles. The third kappa shape index (κ3) is 4.57. The van der Waals surface area contributed by atoms with Gasteiger partial charge in [-0.05, 0) is 37.6 Å². The molecule has 1 fully saturated rings. The fraction of sp³-hybridized carbons (Fsp3) is 0.381. The van der Waals surface area contributed by atoms with Crippen molar-refractivity contribution in [2.75, 3.05) is 39.3 Å². The van der Waals surface area contributed by atoms with Crippen molar-refractivity contribution in [3.63, 3.8) is 0 Å². The molecule has 0 radical (unpaired) electrons. The number of amides is 1. The number of carbonyl (C=O) groups is 1. The fourth-order valence-electron chi connectivity index (χ4n) is 3.24. The number of hydrogen-bond acceptors (Lipinski definition) is 3. The van der Waals surface area contributed by atoms with Gasteiger partial charge in [0.15, 0.2) is 0 Å².